The van der Waals surface area contributed by atoms with E-state index < -0.39 is 6.04 Å². The van der Waals surface area contributed by atoms with E-state index in [4.69, 9.17) is 16.3 Å². The van der Waals surface area contributed by atoms with Gasteiger partial charge in [-0.25, -0.2) is 0 Å². The van der Waals surface area contributed by atoms with Crippen molar-refractivity contribution >= 4 is 29.3 Å². The third kappa shape index (κ3) is 7.04. The van der Waals surface area contributed by atoms with Crippen LogP contribution in [-0.2, 0) is 9.53 Å². The van der Waals surface area contributed by atoms with Crippen molar-refractivity contribution < 1.29 is 19.1 Å². The first kappa shape index (κ1) is 24.7. The Morgan fingerprint density at radius 2 is 1.70 bits per heavy atom. The second-order valence-electron chi connectivity index (χ2n) is 8.09. The van der Waals surface area contributed by atoms with Gasteiger partial charge in [0.05, 0.1) is 0 Å². The standard InChI is InChI=1S/C25H30ClN3O4/c1-33-17-5-14-27-24(31)22(28-23(30)19-6-3-2-4-7-19)18-12-15-29(16-13-18)25(32)20-8-10-21(26)11-9-20/h2-4,6-11,18,22H,5,12-17H2,1H3,(H,27,31)(H,28,30)/t22-/m0/s1. The summed E-state index contributed by atoms with van der Waals surface area (Å²) in [6.45, 7) is 2.05. The maximum Gasteiger partial charge on any atom is 0.253 e. The fourth-order valence-corrected chi connectivity index (χ4v) is 4.09. The molecule has 0 aromatic heterocycles. The molecular formula is C25H30ClN3O4. The number of nitrogens with one attached hydrogen (secondary N) is 2. The van der Waals surface area contributed by atoms with Gasteiger partial charge in [-0.15, -0.1) is 0 Å². The van der Waals surface area contributed by atoms with E-state index in [9.17, 15) is 14.4 Å². The number of halogens is 1. The first-order chi connectivity index (χ1) is 16.0. The number of carbonyl (C=O) groups is 3. The summed E-state index contributed by atoms with van der Waals surface area (Å²) in [4.78, 5) is 40.4. The number of ether oxygens (including phenoxy) is 1. The molecule has 0 spiro atoms. The number of hydrogen-bond acceptors (Lipinski definition) is 4. The summed E-state index contributed by atoms with van der Waals surface area (Å²) in [5.41, 5.74) is 1.09. The highest BCUT2D eigenvalue weighted by Crippen LogP contribution is 2.23. The van der Waals surface area contributed by atoms with Gasteiger partial charge in [0.25, 0.3) is 11.8 Å². The zero-order chi connectivity index (χ0) is 23.6. The monoisotopic (exact) mass is 471 g/mol. The van der Waals surface area contributed by atoms with Gasteiger partial charge in [-0.1, -0.05) is 29.8 Å². The van der Waals surface area contributed by atoms with E-state index in [0.29, 0.717) is 61.7 Å². The second-order valence-corrected chi connectivity index (χ2v) is 8.53. The lowest BCUT2D eigenvalue weighted by Crippen LogP contribution is -2.54. The van der Waals surface area contributed by atoms with Crippen LogP contribution in [0.15, 0.2) is 54.6 Å². The van der Waals surface area contributed by atoms with Gasteiger partial charge in [-0.2, -0.15) is 0 Å². The lowest BCUT2D eigenvalue weighted by molar-refractivity contribution is -0.124. The minimum atomic E-state index is -0.673. The molecule has 176 valence electrons. The molecule has 1 saturated heterocycles. The van der Waals surface area contributed by atoms with Crippen LogP contribution < -0.4 is 10.6 Å². The molecule has 0 saturated carbocycles. The zero-order valence-electron chi connectivity index (χ0n) is 18.8. The van der Waals surface area contributed by atoms with E-state index in [1.165, 1.54) is 0 Å². The minimum absolute atomic E-state index is 0.0565. The van der Waals surface area contributed by atoms with E-state index >= 15 is 0 Å². The number of methoxy groups -OCH3 is 1. The molecule has 3 amide bonds. The van der Waals surface area contributed by atoms with Gasteiger partial charge in [0, 0.05) is 49.5 Å². The number of amides is 3. The second kappa shape index (κ2) is 12.4. The van der Waals surface area contributed by atoms with Gasteiger partial charge in [0.2, 0.25) is 5.91 Å². The van der Waals surface area contributed by atoms with Crippen molar-refractivity contribution in [3.05, 3.63) is 70.7 Å². The normalized spacial score (nSPS) is 15.0. The lowest BCUT2D eigenvalue weighted by atomic mass is 9.88. The van der Waals surface area contributed by atoms with E-state index in [-0.39, 0.29) is 23.6 Å². The zero-order valence-corrected chi connectivity index (χ0v) is 19.5. The Kier molecular flexibility index (Phi) is 9.27. The van der Waals surface area contributed by atoms with Crippen molar-refractivity contribution in [3.8, 4) is 0 Å². The Hall–Kier alpha value is -2.90. The Labute approximate surface area is 199 Å². The van der Waals surface area contributed by atoms with Crippen LogP contribution in [0.5, 0.6) is 0 Å². The van der Waals surface area contributed by atoms with Crippen molar-refractivity contribution in [1.29, 1.82) is 0 Å². The average Bonchev–Trinajstić information content (AvgIpc) is 2.85. The summed E-state index contributed by atoms with van der Waals surface area (Å²) in [6.07, 6.45) is 1.92. The molecule has 3 rings (SSSR count). The third-order valence-electron chi connectivity index (χ3n) is 5.82. The molecule has 33 heavy (non-hydrogen) atoms. The first-order valence-corrected chi connectivity index (χ1v) is 11.5. The first-order valence-electron chi connectivity index (χ1n) is 11.2. The fraction of sp³-hybridized carbons (Fsp3) is 0.400. The van der Waals surface area contributed by atoms with E-state index in [2.05, 4.69) is 10.6 Å². The number of nitrogens with zero attached hydrogens (tertiary/aromatic N) is 1. The van der Waals surface area contributed by atoms with Crippen LogP contribution in [0.25, 0.3) is 0 Å². The van der Waals surface area contributed by atoms with Crippen molar-refractivity contribution in [2.45, 2.75) is 25.3 Å². The van der Waals surface area contributed by atoms with E-state index in [0.717, 1.165) is 0 Å². The molecule has 1 atom stereocenters. The summed E-state index contributed by atoms with van der Waals surface area (Å²) in [6, 6.07) is 15.0. The molecule has 2 N–H and O–H groups in total. The summed E-state index contributed by atoms with van der Waals surface area (Å²) >= 11 is 5.92. The number of rotatable bonds is 9. The van der Waals surface area contributed by atoms with Crippen molar-refractivity contribution in [2.24, 2.45) is 5.92 Å². The molecule has 2 aromatic rings. The maximum atomic E-state index is 13.0. The molecule has 1 aliphatic rings. The fourth-order valence-electron chi connectivity index (χ4n) is 3.96. The van der Waals surface area contributed by atoms with Crippen molar-refractivity contribution in [1.82, 2.24) is 15.5 Å². The Morgan fingerprint density at radius 3 is 2.33 bits per heavy atom. The number of likely N-dealkylation sites (tertiary alicyclic amines) is 1. The number of carbonyl (C=O) groups excluding carboxylic acids is 3. The Bertz CT molecular complexity index is 928. The average molecular weight is 472 g/mol. The molecule has 7 nitrogen and oxygen atoms in total. The molecule has 8 heteroatoms. The molecule has 1 aliphatic heterocycles. The largest absolute Gasteiger partial charge is 0.385 e. The molecule has 0 aliphatic carbocycles. The smallest absolute Gasteiger partial charge is 0.253 e. The van der Waals surface area contributed by atoms with E-state index in [1.54, 1.807) is 60.5 Å². The molecular weight excluding hydrogens is 442 g/mol. The molecule has 1 fully saturated rings. The summed E-state index contributed by atoms with van der Waals surface area (Å²) < 4.78 is 5.03. The molecule has 0 unspecified atom stereocenters. The minimum Gasteiger partial charge on any atom is -0.385 e. The van der Waals surface area contributed by atoms with Crippen LogP contribution in [0.1, 0.15) is 40.0 Å². The molecule has 0 bridgehead atoms. The van der Waals surface area contributed by atoms with Crippen LogP contribution in [0.4, 0.5) is 0 Å². The van der Waals surface area contributed by atoms with Gasteiger partial charge < -0.3 is 20.3 Å². The topological polar surface area (TPSA) is 87.7 Å². The van der Waals surface area contributed by atoms with Crippen LogP contribution in [0.2, 0.25) is 5.02 Å². The van der Waals surface area contributed by atoms with Crippen LogP contribution >= 0.6 is 11.6 Å². The highest BCUT2D eigenvalue weighted by Gasteiger charge is 2.34. The summed E-state index contributed by atoms with van der Waals surface area (Å²) in [5.74, 6) is -0.626. The Balaban J connectivity index is 1.64. The SMILES string of the molecule is COCCCNC(=O)[C@@H](NC(=O)c1ccccc1)C1CCN(C(=O)c2ccc(Cl)cc2)CC1. The maximum absolute atomic E-state index is 13.0. The van der Waals surface area contributed by atoms with Gasteiger partial charge >= 0.3 is 0 Å². The quantitative estimate of drug-likeness (QED) is 0.550. The van der Waals surface area contributed by atoms with Crippen LogP contribution in [-0.4, -0.2) is 62.0 Å². The van der Waals surface area contributed by atoms with Gasteiger partial charge in [-0.05, 0) is 61.6 Å². The highest BCUT2D eigenvalue weighted by atomic mass is 35.5. The van der Waals surface area contributed by atoms with Gasteiger partial charge in [0.1, 0.15) is 6.04 Å². The highest BCUT2D eigenvalue weighted by molar-refractivity contribution is 6.30. The molecule has 1 heterocycles. The number of piperidine rings is 1. The van der Waals surface area contributed by atoms with Crippen molar-refractivity contribution in [2.75, 3.05) is 33.4 Å². The predicted octanol–water partition coefficient (Wildman–Crippen LogP) is 3.14. The lowest BCUT2D eigenvalue weighted by Gasteiger charge is -2.36. The summed E-state index contributed by atoms with van der Waals surface area (Å²) in [5, 5.41) is 6.42. The van der Waals surface area contributed by atoms with Gasteiger partial charge in [0.15, 0.2) is 0 Å². The number of hydrogen-bond donors (Lipinski definition) is 2. The molecule has 2 aromatic carbocycles. The summed E-state index contributed by atoms with van der Waals surface area (Å²) in [7, 11) is 1.61. The van der Waals surface area contributed by atoms with E-state index in [1.807, 2.05) is 6.07 Å². The van der Waals surface area contributed by atoms with Crippen LogP contribution in [0, 0.1) is 5.92 Å². The third-order valence-corrected chi connectivity index (χ3v) is 6.07. The number of benzene rings is 2. The molecule has 0 radical (unpaired) electrons. The van der Waals surface area contributed by atoms with Crippen LogP contribution in [0.3, 0.4) is 0 Å². The van der Waals surface area contributed by atoms with Gasteiger partial charge in [-0.3, -0.25) is 14.4 Å². The predicted molar refractivity (Wildman–Crippen MR) is 127 cm³/mol. The Morgan fingerprint density at radius 1 is 1.03 bits per heavy atom. The van der Waals surface area contributed by atoms with Crippen molar-refractivity contribution in [3.63, 3.8) is 0 Å².